The van der Waals surface area contributed by atoms with Gasteiger partial charge in [0.2, 0.25) is 5.91 Å². The van der Waals surface area contributed by atoms with Crippen LogP contribution in [0.15, 0.2) is 48.5 Å². The molecule has 0 atom stereocenters. The van der Waals surface area contributed by atoms with Crippen molar-refractivity contribution in [3.05, 3.63) is 59.9 Å². The summed E-state index contributed by atoms with van der Waals surface area (Å²) < 4.78 is 13.2. The van der Waals surface area contributed by atoms with Gasteiger partial charge in [0.1, 0.15) is 12.4 Å². The third-order valence-corrected chi connectivity index (χ3v) is 5.70. The first kappa shape index (κ1) is 26.0. The molecule has 1 aliphatic heterocycles. The van der Waals surface area contributed by atoms with Gasteiger partial charge < -0.3 is 25.3 Å². The Bertz CT molecular complexity index is 1000. The van der Waals surface area contributed by atoms with Crippen LogP contribution in [0.4, 0.5) is 20.6 Å². The number of rotatable bonds is 8. The van der Waals surface area contributed by atoms with Crippen LogP contribution >= 0.6 is 0 Å². The number of piperazine rings is 1. The smallest absolute Gasteiger partial charge is 0.317 e. The van der Waals surface area contributed by atoms with E-state index in [0.29, 0.717) is 37.3 Å². The molecule has 35 heavy (non-hydrogen) atoms. The summed E-state index contributed by atoms with van der Waals surface area (Å²) in [7, 11) is 0. The number of hydrogen-bond acceptors (Lipinski definition) is 4. The lowest BCUT2D eigenvalue weighted by Crippen LogP contribution is -2.52. The summed E-state index contributed by atoms with van der Waals surface area (Å²) in [6.45, 7) is 8.90. The van der Waals surface area contributed by atoms with Crippen LogP contribution in [0.1, 0.15) is 37.6 Å². The summed E-state index contributed by atoms with van der Waals surface area (Å²) in [6, 6.07) is 12.9. The van der Waals surface area contributed by atoms with E-state index in [1.165, 1.54) is 29.2 Å². The standard InChI is InChI=1S/C26H34FN5O3/c1-4-13-32(25(34)20-5-7-21(27)8-6-20)18-24(33)29-22-9-11-23(12-10-22)30-14-16-31(17-15-30)26(35)28-19(2)3/h5-12,19H,4,13-18H2,1-3H3,(H,28,35)(H,29,33). The molecule has 0 bridgehead atoms. The van der Waals surface area contributed by atoms with Crippen molar-refractivity contribution in [2.24, 2.45) is 0 Å². The molecule has 1 fully saturated rings. The van der Waals surface area contributed by atoms with Crippen molar-refractivity contribution >= 4 is 29.2 Å². The summed E-state index contributed by atoms with van der Waals surface area (Å²) in [5, 5.41) is 5.77. The Labute approximate surface area is 206 Å². The molecule has 188 valence electrons. The van der Waals surface area contributed by atoms with E-state index in [-0.39, 0.29) is 30.4 Å². The van der Waals surface area contributed by atoms with Gasteiger partial charge in [-0.1, -0.05) is 6.92 Å². The summed E-state index contributed by atoms with van der Waals surface area (Å²) in [6.07, 6.45) is 0.696. The van der Waals surface area contributed by atoms with Crippen LogP contribution in [0.3, 0.4) is 0 Å². The van der Waals surface area contributed by atoms with Crippen molar-refractivity contribution in [3.63, 3.8) is 0 Å². The van der Waals surface area contributed by atoms with Crippen molar-refractivity contribution < 1.29 is 18.8 Å². The molecule has 0 radical (unpaired) electrons. The number of hydrogen-bond donors (Lipinski definition) is 2. The third-order valence-electron chi connectivity index (χ3n) is 5.70. The Morgan fingerprint density at radius 3 is 2.17 bits per heavy atom. The Morgan fingerprint density at radius 1 is 0.971 bits per heavy atom. The highest BCUT2D eigenvalue weighted by Crippen LogP contribution is 2.20. The zero-order chi connectivity index (χ0) is 25.4. The molecular weight excluding hydrogens is 449 g/mol. The summed E-state index contributed by atoms with van der Waals surface area (Å²) in [5.41, 5.74) is 2.00. The quantitative estimate of drug-likeness (QED) is 0.601. The van der Waals surface area contributed by atoms with Gasteiger partial charge in [-0.2, -0.15) is 0 Å². The van der Waals surface area contributed by atoms with E-state index < -0.39 is 5.82 Å². The molecule has 2 N–H and O–H groups in total. The number of benzene rings is 2. The number of carbonyl (C=O) groups is 3. The molecule has 0 spiro atoms. The maximum atomic E-state index is 13.2. The largest absolute Gasteiger partial charge is 0.368 e. The van der Waals surface area contributed by atoms with Crippen molar-refractivity contribution in [2.75, 3.05) is 49.5 Å². The van der Waals surface area contributed by atoms with E-state index >= 15 is 0 Å². The number of nitrogens with one attached hydrogen (secondary N) is 2. The molecule has 0 aromatic heterocycles. The summed E-state index contributed by atoms with van der Waals surface area (Å²) >= 11 is 0. The first-order valence-electron chi connectivity index (χ1n) is 12.0. The van der Waals surface area contributed by atoms with Gasteiger partial charge in [-0.15, -0.1) is 0 Å². The SMILES string of the molecule is CCCN(CC(=O)Nc1ccc(N2CCN(C(=O)NC(C)C)CC2)cc1)C(=O)c1ccc(F)cc1. The van der Waals surface area contributed by atoms with E-state index in [9.17, 15) is 18.8 Å². The van der Waals surface area contributed by atoms with Crippen LogP contribution in [0.25, 0.3) is 0 Å². The fourth-order valence-electron chi connectivity index (χ4n) is 3.93. The van der Waals surface area contributed by atoms with Crippen molar-refractivity contribution in [1.82, 2.24) is 15.1 Å². The molecule has 0 unspecified atom stereocenters. The van der Waals surface area contributed by atoms with E-state index in [0.717, 1.165) is 18.8 Å². The fraction of sp³-hybridized carbons (Fsp3) is 0.423. The van der Waals surface area contributed by atoms with Gasteiger partial charge in [0.05, 0.1) is 0 Å². The Hall–Kier alpha value is -3.62. The van der Waals surface area contributed by atoms with Gasteiger partial charge in [-0.3, -0.25) is 9.59 Å². The minimum Gasteiger partial charge on any atom is -0.368 e. The van der Waals surface area contributed by atoms with Crippen LogP contribution in [0, 0.1) is 5.82 Å². The third kappa shape index (κ3) is 7.43. The highest BCUT2D eigenvalue weighted by atomic mass is 19.1. The molecule has 1 saturated heterocycles. The van der Waals surface area contributed by atoms with Gasteiger partial charge in [0, 0.05) is 55.7 Å². The molecular formula is C26H34FN5O3. The number of amides is 4. The van der Waals surface area contributed by atoms with Crippen molar-refractivity contribution in [3.8, 4) is 0 Å². The average molecular weight is 484 g/mol. The second-order valence-electron chi connectivity index (χ2n) is 8.91. The monoisotopic (exact) mass is 483 g/mol. The van der Waals surface area contributed by atoms with Crippen LogP contribution in [0.2, 0.25) is 0 Å². The van der Waals surface area contributed by atoms with Crippen molar-refractivity contribution in [1.29, 1.82) is 0 Å². The van der Waals surface area contributed by atoms with Gasteiger partial charge in [-0.25, -0.2) is 9.18 Å². The zero-order valence-electron chi connectivity index (χ0n) is 20.6. The topological polar surface area (TPSA) is 85.0 Å². The Morgan fingerprint density at radius 2 is 1.60 bits per heavy atom. The molecule has 0 aliphatic carbocycles. The molecule has 2 aromatic carbocycles. The molecule has 2 aromatic rings. The predicted octanol–water partition coefficient (Wildman–Crippen LogP) is 3.56. The van der Waals surface area contributed by atoms with E-state index in [1.807, 2.05) is 49.9 Å². The maximum absolute atomic E-state index is 13.2. The number of nitrogens with zero attached hydrogens (tertiary/aromatic N) is 3. The average Bonchev–Trinajstić information content (AvgIpc) is 2.84. The molecule has 3 rings (SSSR count). The van der Waals surface area contributed by atoms with Crippen LogP contribution in [-0.2, 0) is 4.79 Å². The van der Waals surface area contributed by atoms with Gasteiger partial charge in [0.15, 0.2) is 0 Å². The molecule has 8 nitrogen and oxygen atoms in total. The van der Waals surface area contributed by atoms with Crippen LogP contribution in [-0.4, -0.2) is 73.0 Å². The Balaban J connectivity index is 1.53. The second kappa shape index (κ2) is 12.2. The number of urea groups is 1. The maximum Gasteiger partial charge on any atom is 0.317 e. The predicted molar refractivity (Wildman–Crippen MR) is 135 cm³/mol. The number of anilines is 2. The summed E-state index contributed by atoms with van der Waals surface area (Å²) in [4.78, 5) is 43.0. The zero-order valence-corrected chi connectivity index (χ0v) is 20.6. The Kier molecular flexibility index (Phi) is 9.05. The lowest BCUT2D eigenvalue weighted by Gasteiger charge is -2.36. The van der Waals surface area contributed by atoms with Gasteiger partial charge in [-0.05, 0) is 68.8 Å². The minimum absolute atomic E-state index is 0.0345. The van der Waals surface area contributed by atoms with Gasteiger partial charge in [0.25, 0.3) is 5.91 Å². The van der Waals surface area contributed by atoms with Crippen LogP contribution < -0.4 is 15.5 Å². The highest BCUT2D eigenvalue weighted by Gasteiger charge is 2.22. The lowest BCUT2D eigenvalue weighted by atomic mass is 10.2. The highest BCUT2D eigenvalue weighted by molar-refractivity contribution is 5.99. The molecule has 1 heterocycles. The summed E-state index contributed by atoms with van der Waals surface area (Å²) in [5.74, 6) is -1.02. The van der Waals surface area contributed by atoms with Crippen LogP contribution in [0.5, 0.6) is 0 Å². The molecule has 1 aliphatic rings. The fourth-order valence-corrected chi connectivity index (χ4v) is 3.93. The molecule has 0 saturated carbocycles. The minimum atomic E-state index is -0.414. The van der Waals surface area contributed by atoms with Crippen molar-refractivity contribution in [2.45, 2.75) is 33.2 Å². The molecule has 9 heteroatoms. The number of carbonyl (C=O) groups excluding carboxylic acids is 3. The van der Waals surface area contributed by atoms with Gasteiger partial charge >= 0.3 is 6.03 Å². The number of halogens is 1. The first-order chi connectivity index (χ1) is 16.8. The van der Waals surface area contributed by atoms with E-state index in [1.54, 1.807) is 0 Å². The second-order valence-corrected chi connectivity index (χ2v) is 8.91. The normalized spacial score (nSPS) is 13.5. The lowest BCUT2D eigenvalue weighted by molar-refractivity contribution is -0.116. The van der Waals surface area contributed by atoms with E-state index in [2.05, 4.69) is 15.5 Å². The molecule has 4 amide bonds. The van der Waals surface area contributed by atoms with E-state index in [4.69, 9.17) is 0 Å². The first-order valence-corrected chi connectivity index (χ1v) is 12.0.